The fourth-order valence-electron chi connectivity index (χ4n) is 0.812. The molecule has 78 valence electrons. The second kappa shape index (κ2) is 4.91. The fraction of sp³-hybridized carbons (Fsp3) is 0.600. The van der Waals surface area contributed by atoms with Crippen LogP contribution in [0.1, 0.15) is 26.5 Å². The topological polar surface area (TPSA) is 55.2 Å². The van der Waals surface area contributed by atoms with Crippen LogP contribution < -0.4 is 4.74 Å². The van der Waals surface area contributed by atoms with Crippen molar-refractivity contribution in [3.63, 3.8) is 0 Å². The molecule has 1 heterocycles. The van der Waals surface area contributed by atoms with Gasteiger partial charge < -0.3 is 9.84 Å². The van der Waals surface area contributed by atoms with Crippen molar-refractivity contribution in [2.75, 3.05) is 0 Å². The molecule has 0 saturated carbocycles. The van der Waals surface area contributed by atoms with Gasteiger partial charge >= 0.3 is 0 Å². The summed E-state index contributed by atoms with van der Waals surface area (Å²) in [7, 11) is 0. The summed E-state index contributed by atoms with van der Waals surface area (Å²) in [5.74, 6) is 0.942. The van der Waals surface area contributed by atoms with Crippen molar-refractivity contribution in [1.29, 1.82) is 0 Å². The Kier molecular flexibility index (Phi) is 3.83. The van der Waals surface area contributed by atoms with Crippen molar-refractivity contribution < 1.29 is 9.84 Å². The number of aliphatic hydroxyl groups excluding tert-OH is 1. The Balaban J connectivity index is 2.59. The molecule has 4 nitrogen and oxygen atoms in total. The first-order valence-electron chi connectivity index (χ1n) is 4.72. The summed E-state index contributed by atoms with van der Waals surface area (Å²) in [6, 6.07) is 0. The van der Waals surface area contributed by atoms with Crippen LogP contribution in [0.5, 0.6) is 5.88 Å². The summed E-state index contributed by atoms with van der Waals surface area (Å²) in [4.78, 5) is 8.00. The Morgan fingerprint density at radius 3 is 2.43 bits per heavy atom. The molecule has 0 spiro atoms. The number of ether oxygens (including phenoxy) is 1. The highest BCUT2D eigenvalue weighted by Gasteiger charge is 2.09. The number of aromatic nitrogens is 2. The molecule has 0 fully saturated rings. The van der Waals surface area contributed by atoms with Gasteiger partial charge in [-0.05, 0) is 12.8 Å². The minimum atomic E-state index is -0.0903. The molecule has 1 unspecified atom stereocenters. The maximum absolute atomic E-state index is 8.76. The first-order chi connectivity index (χ1) is 6.63. The van der Waals surface area contributed by atoms with Crippen LogP contribution in [-0.4, -0.2) is 21.2 Å². The van der Waals surface area contributed by atoms with E-state index in [1.54, 1.807) is 0 Å². The maximum Gasteiger partial charge on any atom is 0.232 e. The SMILES string of the molecule is CC(C)C(C)Oc1cnc(CO)cn1. The summed E-state index contributed by atoms with van der Waals surface area (Å²) in [5.41, 5.74) is 0.551. The minimum absolute atomic E-state index is 0.0903. The molecule has 1 aromatic rings. The minimum Gasteiger partial charge on any atom is -0.473 e. The van der Waals surface area contributed by atoms with Crippen LogP contribution in [0.4, 0.5) is 0 Å². The van der Waals surface area contributed by atoms with Crippen molar-refractivity contribution in [1.82, 2.24) is 9.97 Å². The number of hydrogen-bond acceptors (Lipinski definition) is 4. The first-order valence-corrected chi connectivity index (χ1v) is 4.72. The van der Waals surface area contributed by atoms with E-state index in [4.69, 9.17) is 9.84 Å². The molecular weight excluding hydrogens is 180 g/mol. The Morgan fingerprint density at radius 2 is 2.00 bits per heavy atom. The van der Waals surface area contributed by atoms with Gasteiger partial charge in [0, 0.05) is 0 Å². The van der Waals surface area contributed by atoms with Gasteiger partial charge in [-0.1, -0.05) is 13.8 Å². The number of aliphatic hydroxyl groups is 1. The standard InChI is InChI=1S/C10H16N2O2/c1-7(2)8(3)14-10-5-11-9(6-13)4-12-10/h4-5,7-8,13H,6H2,1-3H3. The number of hydrogen-bond donors (Lipinski definition) is 1. The van der Waals surface area contributed by atoms with E-state index in [1.807, 2.05) is 6.92 Å². The van der Waals surface area contributed by atoms with E-state index in [0.29, 0.717) is 17.5 Å². The third kappa shape index (κ3) is 2.96. The van der Waals surface area contributed by atoms with Gasteiger partial charge in [0.25, 0.3) is 0 Å². The van der Waals surface area contributed by atoms with Crippen molar-refractivity contribution in [2.24, 2.45) is 5.92 Å². The molecule has 1 rings (SSSR count). The van der Waals surface area contributed by atoms with Crippen molar-refractivity contribution in [3.05, 3.63) is 18.1 Å². The van der Waals surface area contributed by atoms with E-state index >= 15 is 0 Å². The Bertz CT molecular complexity index is 272. The number of nitrogens with zero attached hydrogens (tertiary/aromatic N) is 2. The van der Waals surface area contributed by atoms with Crippen LogP contribution in [-0.2, 0) is 6.61 Å². The Hall–Kier alpha value is -1.16. The van der Waals surface area contributed by atoms with Crippen LogP contribution in [0.3, 0.4) is 0 Å². The lowest BCUT2D eigenvalue weighted by Gasteiger charge is -2.16. The smallest absolute Gasteiger partial charge is 0.232 e. The summed E-state index contributed by atoms with van der Waals surface area (Å²) >= 11 is 0. The highest BCUT2D eigenvalue weighted by Crippen LogP contribution is 2.11. The monoisotopic (exact) mass is 196 g/mol. The molecule has 0 radical (unpaired) electrons. The molecular formula is C10H16N2O2. The zero-order chi connectivity index (χ0) is 10.6. The van der Waals surface area contributed by atoms with E-state index in [2.05, 4.69) is 23.8 Å². The predicted octanol–water partition coefficient (Wildman–Crippen LogP) is 1.39. The van der Waals surface area contributed by atoms with E-state index in [0.717, 1.165) is 0 Å². The molecule has 0 saturated heterocycles. The molecule has 0 amide bonds. The average molecular weight is 196 g/mol. The highest BCUT2D eigenvalue weighted by atomic mass is 16.5. The van der Waals surface area contributed by atoms with Crippen LogP contribution in [0.25, 0.3) is 0 Å². The molecule has 0 aliphatic rings. The van der Waals surface area contributed by atoms with Crippen LogP contribution in [0.2, 0.25) is 0 Å². The van der Waals surface area contributed by atoms with Gasteiger partial charge in [0.05, 0.1) is 30.8 Å². The zero-order valence-electron chi connectivity index (χ0n) is 8.77. The van der Waals surface area contributed by atoms with Crippen LogP contribution in [0, 0.1) is 5.92 Å². The van der Waals surface area contributed by atoms with Crippen molar-refractivity contribution >= 4 is 0 Å². The van der Waals surface area contributed by atoms with Gasteiger partial charge in [0.1, 0.15) is 0 Å². The Labute approximate surface area is 84.0 Å². The van der Waals surface area contributed by atoms with E-state index in [9.17, 15) is 0 Å². The van der Waals surface area contributed by atoms with E-state index in [-0.39, 0.29) is 12.7 Å². The Morgan fingerprint density at radius 1 is 1.29 bits per heavy atom. The van der Waals surface area contributed by atoms with E-state index < -0.39 is 0 Å². The first kappa shape index (κ1) is 10.9. The van der Waals surface area contributed by atoms with Gasteiger partial charge in [0.2, 0.25) is 5.88 Å². The van der Waals surface area contributed by atoms with E-state index in [1.165, 1.54) is 12.4 Å². The summed E-state index contributed by atoms with van der Waals surface area (Å²) in [5, 5.41) is 8.76. The molecule has 1 aromatic heterocycles. The molecule has 1 atom stereocenters. The molecule has 0 bridgehead atoms. The molecule has 4 heteroatoms. The third-order valence-electron chi connectivity index (χ3n) is 2.09. The summed E-state index contributed by atoms with van der Waals surface area (Å²) < 4.78 is 5.52. The summed E-state index contributed by atoms with van der Waals surface area (Å²) in [6.45, 7) is 6.07. The molecule has 0 aliphatic heterocycles. The molecule has 0 aromatic carbocycles. The van der Waals surface area contributed by atoms with Gasteiger partial charge in [0.15, 0.2) is 0 Å². The lowest BCUT2D eigenvalue weighted by Crippen LogP contribution is -2.19. The highest BCUT2D eigenvalue weighted by molar-refractivity contribution is 5.06. The van der Waals surface area contributed by atoms with Crippen molar-refractivity contribution in [3.8, 4) is 5.88 Å². The fourth-order valence-corrected chi connectivity index (χ4v) is 0.812. The lowest BCUT2D eigenvalue weighted by molar-refractivity contribution is 0.162. The quantitative estimate of drug-likeness (QED) is 0.790. The van der Waals surface area contributed by atoms with Gasteiger partial charge in [-0.25, -0.2) is 4.98 Å². The van der Waals surface area contributed by atoms with Gasteiger partial charge in [-0.3, -0.25) is 4.98 Å². The predicted molar refractivity (Wildman–Crippen MR) is 52.9 cm³/mol. The van der Waals surface area contributed by atoms with Gasteiger partial charge in [-0.15, -0.1) is 0 Å². The van der Waals surface area contributed by atoms with Crippen molar-refractivity contribution in [2.45, 2.75) is 33.5 Å². The average Bonchev–Trinajstić information content (AvgIpc) is 2.19. The van der Waals surface area contributed by atoms with Crippen LogP contribution in [0.15, 0.2) is 12.4 Å². The lowest BCUT2D eigenvalue weighted by atomic mass is 10.1. The summed E-state index contributed by atoms with van der Waals surface area (Å²) in [6.07, 6.45) is 3.16. The third-order valence-corrected chi connectivity index (χ3v) is 2.09. The maximum atomic E-state index is 8.76. The van der Waals surface area contributed by atoms with Crippen LogP contribution >= 0.6 is 0 Å². The van der Waals surface area contributed by atoms with Gasteiger partial charge in [-0.2, -0.15) is 0 Å². The molecule has 0 aliphatic carbocycles. The largest absolute Gasteiger partial charge is 0.473 e. The number of rotatable bonds is 4. The normalized spacial score (nSPS) is 12.9. The zero-order valence-corrected chi connectivity index (χ0v) is 8.77. The second-order valence-corrected chi connectivity index (χ2v) is 3.57. The molecule has 14 heavy (non-hydrogen) atoms. The molecule has 1 N–H and O–H groups in total. The second-order valence-electron chi connectivity index (χ2n) is 3.57.